The van der Waals surface area contributed by atoms with Crippen molar-refractivity contribution in [1.82, 2.24) is 4.72 Å². The van der Waals surface area contributed by atoms with E-state index in [0.29, 0.717) is 0 Å². The fraction of sp³-hybridized carbons (Fsp3) is 1.00. The summed E-state index contributed by atoms with van der Waals surface area (Å²) in [6.45, 7) is 1.68. The van der Waals surface area contributed by atoms with Gasteiger partial charge in [-0.05, 0) is 18.8 Å². The monoisotopic (exact) mass is 136 g/mol. The lowest BCUT2D eigenvalue weighted by Gasteiger charge is -2.26. The molecule has 8 heavy (non-hydrogen) atoms. The fourth-order valence-electron chi connectivity index (χ4n) is 0.365. The second kappa shape index (κ2) is 3.33. The van der Waals surface area contributed by atoms with E-state index in [9.17, 15) is 0 Å². The van der Waals surface area contributed by atoms with Crippen molar-refractivity contribution < 1.29 is 0 Å². The van der Waals surface area contributed by atoms with E-state index in [-0.39, 0.29) is 0 Å². The van der Waals surface area contributed by atoms with E-state index in [4.69, 9.17) is 5.73 Å². The van der Waals surface area contributed by atoms with Gasteiger partial charge in [-0.15, -0.1) is 0 Å². The maximum Gasteiger partial charge on any atom is 0.0167 e. The van der Waals surface area contributed by atoms with Crippen LogP contribution >= 0.6 is 10.2 Å². The average molecular weight is 136 g/mol. The van der Waals surface area contributed by atoms with Crippen molar-refractivity contribution in [3.8, 4) is 0 Å². The summed E-state index contributed by atoms with van der Waals surface area (Å²) in [5.41, 5.74) is 5.29. The third-order valence-corrected chi connectivity index (χ3v) is 1.75. The molecule has 0 heterocycles. The summed E-state index contributed by atoms with van der Waals surface area (Å²) in [7, 11) is -0.516. The molecule has 0 atom stereocenters. The number of nitrogens with two attached hydrogens (primary N) is 1. The minimum absolute atomic E-state index is 0.516. The first kappa shape index (κ1) is 8.27. The van der Waals surface area contributed by atoms with Crippen LogP contribution in [0.5, 0.6) is 0 Å². The summed E-state index contributed by atoms with van der Waals surface area (Å²) in [5, 5.41) is 0. The minimum Gasteiger partial charge on any atom is -0.329 e. The Labute approximate surface area is 53.3 Å². The Bertz CT molecular complexity index is 57.9. The highest BCUT2D eigenvalue weighted by molar-refractivity contribution is 8.30. The maximum absolute atomic E-state index is 5.29. The zero-order valence-corrected chi connectivity index (χ0v) is 6.72. The van der Waals surface area contributed by atoms with Crippen LogP contribution in [0.4, 0.5) is 0 Å². The normalized spacial score (nSPS) is 14.0. The summed E-state index contributed by atoms with van der Waals surface area (Å²) in [4.78, 5) is 0. The zero-order chi connectivity index (χ0) is 6.62. The highest BCUT2D eigenvalue weighted by Crippen LogP contribution is 2.27. The Kier molecular flexibility index (Phi) is 3.44. The number of nitrogens with one attached hydrogen (secondary N) is 1. The molecule has 0 bridgehead atoms. The molecule has 0 aliphatic heterocycles. The predicted molar refractivity (Wildman–Crippen MR) is 42.4 cm³/mol. The van der Waals surface area contributed by atoms with Crippen LogP contribution in [0.15, 0.2) is 0 Å². The predicted octanol–water partition coefficient (Wildman–Crippen LogP) is 0.144. The largest absolute Gasteiger partial charge is 0.329 e. The highest BCUT2D eigenvalue weighted by Gasteiger charge is 1.98. The van der Waals surface area contributed by atoms with Gasteiger partial charge in [0.05, 0.1) is 0 Å². The molecular weight excluding hydrogens is 120 g/mol. The first-order valence-electron chi connectivity index (χ1n) is 2.69. The molecule has 0 saturated carbocycles. The Balaban J connectivity index is 3.11. The van der Waals surface area contributed by atoms with Gasteiger partial charge < -0.3 is 5.73 Å². The minimum atomic E-state index is -0.516. The van der Waals surface area contributed by atoms with Gasteiger partial charge in [0.25, 0.3) is 0 Å². The van der Waals surface area contributed by atoms with Gasteiger partial charge in [0.15, 0.2) is 0 Å². The molecule has 0 radical (unpaired) electrons. The van der Waals surface area contributed by atoms with Crippen molar-refractivity contribution >= 4 is 10.2 Å². The Morgan fingerprint density at radius 1 is 1.38 bits per heavy atom. The van der Waals surface area contributed by atoms with Crippen molar-refractivity contribution in [3.63, 3.8) is 0 Å². The van der Waals surface area contributed by atoms with Gasteiger partial charge in [-0.2, -0.15) is 10.2 Å². The van der Waals surface area contributed by atoms with Crippen LogP contribution in [-0.4, -0.2) is 31.9 Å². The van der Waals surface area contributed by atoms with Crippen LogP contribution in [0.1, 0.15) is 0 Å². The Morgan fingerprint density at radius 3 is 2.00 bits per heavy atom. The molecule has 3 N–H and O–H groups in total. The molecule has 0 aliphatic carbocycles. The summed E-state index contributed by atoms with van der Waals surface area (Å²) < 4.78 is 3.33. The molecule has 52 valence electrons. The molecular formula is C5H16N2S. The van der Waals surface area contributed by atoms with Gasteiger partial charge in [-0.3, -0.25) is 4.72 Å². The number of hydrogen-bond acceptors (Lipinski definition) is 2. The number of rotatable bonds is 3. The quantitative estimate of drug-likeness (QED) is 0.579. The molecule has 0 fully saturated rings. The van der Waals surface area contributed by atoms with Crippen LogP contribution in [0.2, 0.25) is 0 Å². The first-order chi connectivity index (χ1) is 3.56. The fourth-order valence-corrected chi connectivity index (χ4v) is 1.10. The molecule has 0 aromatic heterocycles. The van der Waals surface area contributed by atoms with Crippen molar-refractivity contribution in [1.29, 1.82) is 0 Å². The van der Waals surface area contributed by atoms with E-state index in [1.807, 2.05) is 0 Å². The van der Waals surface area contributed by atoms with Crippen LogP contribution in [0.3, 0.4) is 0 Å². The topological polar surface area (TPSA) is 38.0 Å². The summed E-state index contributed by atoms with van der Waals surface area (Å²) in [6.07, 6.45) is 6.63. The molecule has 2 nitrogen and oxygen atoms in total. The smallest absolute Gasteiger partial charge is 0.0167 e. The summed E-state index contributed by atoms with van der Waals surface area (Å²) in [5.74, 6) is 0. The third-order valence-electron chi connectivity index (χ3n) is 0.679. The van der Waals surface area contributed by atoms with Gasteiger partial charge in [-0.1, -0.05) is 0 Å². The van der Waals surface area contributed by atoms with E-state index in [2.05, 4.69) is 23.5 Å². The lowest BCUT2D eigenvalue weighted by molar-refractivity contribution is 0.910. The summed E-state index contributed by atoms with van der Waals surface area (Å²) in [6, 6.07) is 0. The van der Waals surface area contributed by atoms with E-state index >= 15 is 0 Å². The Hall–Kier alpha value is 0.270. The van der Waals surface area contributed by atoms with Crippen molar-refractivity contribution in [2.24, 2.45) is 5.73 Å². The summed E-state index contributed by atoms with van der Waals surface area (Å²) >= 11 is 0. The number of hydrogen-bond donors (Lipinski definition) is 2. The molecule has 0 aliphatic rings. The van der Waals surface area contributed by atoms with E-state index in [0.717, 1.165) is 13.1 Å². The maximum atomic E-state index is 5.29. The van der Waals surface area contributed by atoms with E-state index in [1.54, 1.807) is 0 Å². The van der Waals surface area contributed by atoms with Crippen molar-refractivity contribution in [2.75, 3.05) is 31.9 Å². The third kappa shape index (κ3) is 6.27. The molecule has 0 aromatic carbocycles. The van der Waals surface area contributed by atoms with Gasteiger partial charge in [-0.25, -0.2) is 0 Å². The highest BCUT2D eigenvalue weighted by atomic mass is 32.3. The molecule has 0 rings (SSSR count). The van der Waals surface area contributed by atoms with E-state index in [1.165, 1.54) is 0 Å². The van der Waals surface area contributed by atoms with Gasteiger partial charge in [0, 0.05) is 13.1 Å². The molecule has 0 amide bonds. The lowest BCUT2D eigenvalue weighted by atomic mass is 10.7. The molecule has 0 saturated heterocycles. The van der Waals surface area contributed by atoms with Crippen LogP contribution in [0.25, 0.3) is 0 Å². The second-order valence-electron chi connectivity index (χ2n) is 2.52. The molecule has 0 aromatic rings. The van der Waals surface area contributed by atoms with Gasteiger partial charge in [0.1, 0.15) is 0 Å². The van der Waals surface area contributed by atoms with Crippen LogP contribution in [-0.2, 0) is 0 Å². The van der Waals surface area contributed by atoms with E-state index < -0.39 is 10.2 Å². The molecule has 3 heteroatoms. The molecule has 0 unspecified atom stereocenters. The lowest BCUT2D eigenvalue weighted by Crippen LogP contribution is -2.24. The van der Waals surface area contributed by atoms with Crippen LogP contribution < -0.4 is 10.5 Å². The van der Waals surface area contributed by atoms with Crippen molar-refractivity contribution in [3.05, 3.63) is 0 Å². The average Bonchev–Trinajstić information content (AvgIpc) is 1.59. The standard InChI is InChI=1S/C5H16N2S/c1-8(2,3)7-5-4-6/h7H,4-6H2,1-3H3. The van der Waals surface area contributed by atoms with Gasteiger partial charge in [0.2, 0.25) is 0 Å². The van der Waals surface area contributed by atoms with Crippen LogP contribution in [0, 0.1) is 0 Å². The SMILES string of the molecule is CS(C)(C)NCCN. The van der Waals surface area contributed by atoms with Crippen molar-refractivity contribution in [2.45, 2.75) is 0 Å². The van der Waals surface area contributed by atoms with Gasteiger partial charge >= 0.3 is 0 Å². The zero-order valence-electron chi connectivity index (χ0n) is 5.90. The second-order valence-corrected chi connectivity index (χ2v) is 6.48. The molecule has 0 spiro atoms. The first-order valence-corrected chi connectivity index (χ1v) is 5.55. The Morgan fingerprint density at radius 2 is 1.88 bits per heavy atom.